The number of anilines is 2. The lowest BCUT2D eigenvalue weighted by molar-refractivity contribution is 0.198. The lowest BCUT2D eigenvalue weighted by Gasteiger charge is -2.22. The molecule has 1 aliphatic heterocycles. The highest BCUT2D eigenvalue weighted by molar-refractivity contribution is 6.08. The summed E-state index contributed by atoms with van der Waals surface area (Å²) in [6.45, 7) is 0.242. The summed E-state index contributed by atoms with van der Waals surface area (Å²) in [6.07, 6.45) is 0. The van der Waals surface area contributed by atoms with Crippen molar-refractivity contribution in [2.24, 2.45) is 0 Å². The summed E-state index contributed by atoms with van der Waals surface area (Å²) >= 11 is 0. The standard InChI is InChI=1S/C22H17F2N3O2/c23-17-12-7-13-18(20(17)24)25-21(28)27-19(15-8-3-1-4-9-15)14-26(22(27)29)16-10-5-2-6-11-16/h1-13,19H,14H2,(H,25,28). The lowest BCUT2D eigenvalue weighted by Crippen LogP contribution is -2.40. The molecule has 29 heavy (non-hydrogen) atoms. The van der Waals surface area contributed by atoms with Crippen LogP contribution in [0.25, 0.3) is 0 Å². The lowest BCUT2D eigenvalue weighted by atomic mass is 10.1. The number of nitrogens with one attached hydrogen (secondary N) is 1. The molecule has 1 unspecified atom stereocenters. The van der Waals surface area contributed by atoms with Crippen molar-refractivity contribution in [2.75, 3.05) is 16.8 Å². The fraction of sp³-hybridized carbons (Fsp3) is 0.0909. The van der Waals surface area contributed by atoms with Gasteiger partial charge in [0.2, 0.25) is 0 Å². The maximum absolute atomic E-state index is 14.0. The zero-order chi connectivity index (χ0) is 20.4. The molecule has 4 amide bonds. The molecule has 0 bridgehead atoms. The Morgan fingerprint density at radius 2 is 1.55 bits per heavy atom. The maximum atomic E-state index is 14.0. The van der Waals surface area contributed by atoms with E-state index < -0.39 is 29.7 Å². The molecule has 1 saturated heterocycles. The largest absolute Gasteiger partial charge is 0.333 e. The van der Waals surface area contributed by atoms with Gasteiger partial charge in [0.05, 0.1) is 18.3 Å². The van der Waals surface area contributed by atoms with Gasteiger partial charge in [0, 0.05) is 5.69 Å². The van der Waals surface area contributed by atoms with Gasteiger partial charge in [-0.3, -0.25) is 4.90 Å². The SMILES string of the molecule is O=C(Nc1cccc(F)c1F)N1C(=O)N(c2ccccc2)CC1c1ccccc1. The first-order valence-electron chi connectivity index (χ1n) is 9.02. The van der Waals surface area contributed by atoms with E-state index in [1.165, 1.54) is 17.0 Å². The molecule has 7 heteroatoms. The van der Waals surface area contributed by atoms with Crippen LogP contribution < -0.4 is 10.2 Å². The number of amides is 4. The molecule has 0 saturated carbocycles. The average Bonchev–Trinajstić information content (AvgIpc) is 3.10. The molecular weight excluding hydrogens is 376 g/mol. The van der Waals surface area contributed by atoms with Gasteiger partial charge < -0.3 is 5.32 Å². The highest BCUT2D eigenvalue weighted by Crippen LogP contribution is 2.33. The van der Waals surface area contributed by atoms with Crippen molar-refractivity contribution in [3.63, 3.8) is 0 Å². The Morgan fingerprint density at radius 1 is 0.897 bits per heavy atom. The van der Waals surface area contributed by atoms with Crippen molar-refractivity contribution in [3.8, 4) is 0 Å². The van der Waals surface area contributed by atoms with E-state index in [-0.39, 0.29) is 12.2 Å². The minimum Gasteiger partial charge on any atom is -0.305 e. The Morgan fingerprint density at radius 3 is 2.24 bits per heavy atom. The van der Waals surface area contributed by atoms with E-state index in [4.69, 9.17) is 0 Å². The minimum absolute atomic E-state index is 0.242. The van der Waals surface area contributed by atoms with Gasteiger partial charge in [-0.25, -0.2) is 23.3 Å². The molecule has 0 aliphatic carbocycles. The van der Waals surface area contributed by atoms with Crippen LogP contribution in [0, 0.1) is 11.6 Å². The molecule has 3 aromatic carbocycles. The normalized spacial score (nSPS) is 16.2. The van der Waals surface area contributed by atoms with Gasteiger partial charge >= 0.3 is 12.1 Å². The number of hydrogen-bond donors (Lipinski definition) is 1. The Hall–Kier alpha value is -3.74. The van der Waals surface area contributed by atoms with Gasteiger partial charge in [0.15, 0.2) is 11.6 Å². The van der Waals surface area contributed by atoms with Crippen molar-refractivity contribution < 1.29 is 18.4 Å². The van der Waals surface area contributed by atoms with Gasteiger partial charge in [-0.15, -0.1) is 0 Å². The van der Waals surface area contributed by atoms with E-state index in [1.807, 2.05) is 36.4 Å². The second kappa shape index (κ2) is 7.71. The van der Waals surface area contributed by atoms with E-state index >= 15 is 0 Å². The molecule has 1 heterocycles. The number of carbonyl (C=O) groups excluding carboxylic acids is 2. The van der Waals surface area contributed by atoms with Crippen LogP contribution in [-0.2, 0) is 0 Å². The summed E-state index contributed by atoms with van der Waals surface area (Å²) in [4.78, 5) is 28.5. The van der Waals surface area contributed by atoms with E-state index in [0.29, 0.717) is 5.69 Å². The van der Waals surface area contributed by atoms with Gasteiger partial charge in [-0.1, -0.05) is 54.6 Å². The Balaban J connectivity index is 1.68. The smallest absolute Gasteiger partial charge is 0.305 e. The molecule has 5 nitrogen and oxygen atoms in total. The van der Waals surface area contributed by atoms with Crippen molar-refractivity contribution in [1.29, 1.82) is 0 Å². The Bertz CT molecular complexity index is 1040. The van der Waals surface area contributed by atoms with Crippen molar-refractivity contribution in [2.45, 2.75) is 6.04 Å². The Kier molecular flexibility index (Phi) is 4.95. The molecular formula is C22H17F2N3O2. The number of carbonyl (C=O) groups is 2. The summed E-state index contributed by atoms with van der Waals surface area (Å²) in [7, 11) is 0. The first kappa shape index (κ1) is 18.6. The molecule has 1 N–H and O–H groups in total. The van der Waals surface area contributed by atoms with Crippen LogP contribution in [0.15, 0.2) is 78.9 Å². The second-order valence-electron chi connectivity index (χ2n) is 6.56. The maximum Gasteiger partial charge on any atom is 0.333 e. The van der Waals surface area contributed by atoms with Gasteiger partial charge in [-0.2, -0.15) is 0 Å². The number of hydrogen-bond acceptors (Lipinski definition) is 2. The van der Waals surface area contributed by atoms with Crippen LogP contribution in [0.1, 0.15) is 11.6 Å². The minimum atomic E-state index is -1.18. The molecule has 1 fully saturated rings. The summed E-state index contributed by atoms with van der Waals surface area (Å²) in [5.74, 6) is -2.26. The predicted molar refractivity (Wildman–Crippen MR) is 106 cm³/mol. The fourth-order valence-electron chi connectivity index (χ4n) is 3.35. The van der Waals surface area contributed by atoms with Gasteiger partial charge in [0.1, 0.15) is 0 Å². The van der Waals surface area contributed by atoms with Crippen molar-refractivity contribution >= 4 is 23.4 Å². The number of rotatable bonds is 3. The predicted octanol–water partition coefficient (Wildman–Crippen LogP) is 5.18. The number of para-hydroxylation sites is 1. The van der Waals surface area contributed by atoms with Crippen LogP contribution >= 0.6 is 0 Å². The molecule has 0 radical (unpaired) electrons. The van der Waals surface area contributed by atoms with Gasteiger partial charge in [-0.05, 0) is 29.8 Å². The molecule has 0 aromatic heterocycles. The molecule has 0 spiro atoms. The number of benzene rings is 3. The van der Waals surface area contributed by atoms with Crippen LogP contribution in [-0.4, -0.2) is 23.5 Å². The monoisotopic (exact) mass is 393 g/mol. The molecule has 1 aliphatic rings. The van der Waals surface area contributed by atoms with E-state index in [1.54, 1.807) is 24.3 Å². The summed E-state index contributed by atoms with van der Waals surface area (Å²) in [5, 5.41) is 2.32. The summed E-state index contributed by atoms with van der Waals surface area (Å²) in [5.41, 5.74) is 1.08. The number of nitrogens with zero attached hydrogens (tertiary/aromatic N) is 2. The van der Waals surface area contributed by atoms with Gasteiger partial charge in [0.25, 0.3) is 0 Å². The van der Waals surface area contributed by atoms with Crippen molar-refractivity contribution in [3.05, 3.63) is 96.1 Å². The average molecular weight is 393 g/mol. The topological polar surface area (TPSA) is 52.7 Å². The number of urea groups is 2. The quantitative estimate of drug-likeness (QED) is 0.667. The molecule has 4 rings (SSSR count). The number of imide groups is 1. The summed E-state index contributed by atoms with van der Waals surface area (Å²) in [6, 6.07) is 19.6. The van der Waals surface area contributed by atoms with Crippen LogP contribution in [0.4, 0.5) is 29.7 Å². The molecule has 3 aromatic rings. The number of halogens is 2. The Labute approximate surface area is 166 Å². The van der Waals surface area contributed by atoms with Crippen LogP contribution in [0.2, 0.25) is 0 Å². The highest BCUT2D eigenvalue weighted by atomic mass is 19.2. The first-order chi connectivity index (χ1) is 14.1. The van der Waals surface area contributed by atoms with E-state index in [2.05, 4.69) is 5.32 Å². The molecule has 146 valence electrons. The van der Waals surface area contributed by atoms with Crippen LogP contribution in [0.3, 0.4) is 0 Å². The van der Waals surface area contributed by atoms with Crippen molar-refractivity contribution in [1.82, 2.24) is 4.90 Å². The second-order valence-corrected chi connectivity index (χ2v) is 6.56. The highest BCUT2D eigenvalue weighted by Gasteiger charge is 2.43. The van der Waals surface area contributed by atoms with E-state index in [0.717, 1.165) is 16.5 Å². The molecule has 1 atom stereocenters. The first-order valence-corrected chi connectivity index (χ1v) is 9.02. The van der Waals surface area contributed by atoms with E-state index in [9.17, 15) is 18.4 Å². The fourth-order valence-corrected chi connectivity index (χ4v) is 3.35. The zero-order valence-corrected chi connectivity index (χ0v) is 15.3. The third-order valence-electron chi connectivity index (χ3n) is 4.77. The third kappa shape index (κ3) is 3.54. The summed E-state index contributed by atoms with van der Waals surface area (Å²) < 4.78 is 27.5. The zero-order valence-electron chi connectivity index (χ0n) is 15.3. The van der Waals surface area contributed by atoms with Crippen LogP contribution in [0.5, 0.6) is 0 Å². The third-order valence-corrected chi connectivity index (χ3v) is 4.77.